The second-order valence-electron chi connectivity index (χ2n) is 2.29. The van der Waals surface area contributed by atoms with Gasteiger partial charge in [0.1, 0.15) is 0 Å². The van der Waals surface area contributed by atoms with E-state index in [4.69, 9.17) is 11.6 Å². The average Bonchev–Trinajstić information content (AvgIpc) is 2.19. The fourth-order valence-corrected chi connectivity index (χ4v) is 1.96. The van der Waals surface area contributed by atoms with Crippen molar-refractivity contribution in [3.63, 3.8) is 0 Å². The van der Waals surface area contributed by atoms with E-state index in [0.29, 0.717) is 0 Å². The molecule has 0 aliphatic heterocycles. The normalized spacial score (nSPS) is 10.5. The molecule has 0 unspecified atom stereocenters. The summed E-state index contributed by atoms with van der Waals surface area (Å²) < 4.78 is 25.3. The number of halogens is 3. The van der Waals surface area contributed by atoms with Gasteiger partial charge < -0.3 is 8.40 Å². The second kappa shape index (κ2) is 5.76. The number of carbonyl (C=O) groups is 1. The lowest BCUT2D eigenvalue weighted by Gasteiger charge is -2.02. The van der Waals surface area contributed by atoms with Crippen LogP contribution in [0.25, 0.3) is 0 Å². The molecule has 1 rings (SSSR count). The Morgan fingerprint density at radius 2 is 2.33 bits per heavy atom. The fraction of sp³-hybridized carbons (Fsp3) is 0.143. The Bertz CT molecular complexity index is 374. The second-order valence-corrected chi connectivity index (χ2v) is 4.38. The number of aromatic nitrogens is 1. The molecule has 0 fully saturated rings. The van der Waals surface area contributed by atoms with Crippen molar-refractivity contribution in [2.75, 3.05) is 5.33 Å². The summed E-state index contributed by atoms with van der Waals surface area (Å²) >= 11 is 5.14. The maximum absolute atomic E-state index is 11.3. The minimum atomic E-state index is -3.49. The molecule has 0 bridgehead atoms. The molecule has 1 aromatic heterocycles. The van der Waals surface area contributed by atoms with Gasteiger partial charge in [-0.25, -0.2) is 4.98 Å². The first-order chi connectivity index (χ1) is 7.06. The van der Waals surface area contributed by atoms with E-state index in [1.807, 2.05) is 0 Å². The van der Waals surface area contributed by atoms with Gasteiger partial charge in [0.25, 0.3) is 5.75 Å². The van der Waals surface area contributed by atoms with Crippen LogP contribution in [0.4, 0.5) is 0 Å². The standard InChI is InChI=1S/C7H4Br2ClNO4/c8-3-5(12)6-7(15-9(13)14)4(10)1-2-11-6/h1-2H,3H2. The van der Waals surface area contributed by atoms with E-state index in [-0.39, 0.29) is 21.8 Å². The summed E-state index contributed by atoms with van der Waals surface area (Å²) in [5.74, 6) is -0.625. The summed E-state index contributed by atoms with van der Waals surface area (Å²) in [5, 5.41) is 0.0423. The van der Waals surface area contributed by atoms with E-state index in [9.17, 15) is 13.2 Å². The van der Waals surface area contributed by atoms with Crippen LogP contribution in [0.1, 0.15) is 10.5 Å². The van der Waals surface area contributed by atoms with E-state index in [2.05, 4.69) is 24.7 Å². The van der Waals surface area contributed by atoms with Gasteiger partial charge in [-0.05, 0) is 6.07 Å². The number of ketones is 1. The van der Waals surface area contributed by atoms with Crippen LogP contribution in [0.3, 0.4) is 0 Å². The number of alkyl halides is 1. The molecular weight excluding hydrogens is 357 g/mol. The van der Waals surface area contributed by atoms with Crippen molar-refractivity contribution in [3.05, 3.63) is 23.0 Å². The largest absolute Gasteiger partial charge is 0.501 e. The summed E-state index contributed by atoms with van der Waals surface area (Å²) in [7, 11) is 0. The SMILES string of the molecule is O=C(CBr)c1nccc(Cl)c1O[Br+2]([O-])[O-]. The van der Waals surface area contributed by atoms with Crippen molar-refractivity contribution in [2.24, 2.45) is 0 Å². The molecule has 0 aromatic carbocycles. The fourth-order valence-electron chi connectivity index (χ4n) is 0.823. The number of hydrogen-bond acceptors (Lipinski definition) is 5. The predicted molar refractivity (Wildman–Crippen MR) is 48.0 cm³/mol. The number of carbonyl (C=O) groups excluding carboxylic acids is 1. The highest BCUT2D eigenvalue weighted by atomic mass is 80.0. The minimum Gasteiger partial charge on any atom is -0.361 e. The van der Waals surface area contributed by atoms with E-state index in [1.54, 1.807) is 0 Å². The van der Waals surface area contributed by atoms with E-state index >= 15 is 0 Å². The van der Waals surface area contributed by atoms with Crippen LogP contribution in [0.5, 0.6) is 5.75 Å². The van der Waals surface area contributed by atoms with Crippen LogP contribution >= 0.6 is 27.5 Å². The Balaban J connectivity index is 3.14. The monoisotopic (exact) mass is 359 g/mol. The van der Waals surface area contributed by atoms with Crippen molar-refractivity contribution >= 4 is 33.3 Å². The Labute approximate surface area is 104 Å². The van der Waals surface area contributed by atoms with Crippen molar-refractivity contribution in [3.8, 4) is 5.75 Å². The van der Waals surface area contributed by atoms with Crippen molar-refractivity contribution in [1.82, 2.24) is 4.98 Å². The summed E-state index contributed by atoms with van der Waals surface area (Å²) in [4.78, 5) is 15.0. The summed E-state index contributed by atoms with van der Waals surface area (Å²) in [6.45, 7) is 0. The maximum Gasteiger partial charge on any atom is 0.501 e. The van der Waals surface area contributed by atoms with Gasteiger partial charge in [0.2, 0.25) is 0 Å². The maximum atomic E-state index is 11.3. The third-order valence-electron chi connectivity index (χ3n) is 1.38. The minimum absolute atomic E-state index is 0.0107. The molecule has 0 aliphatic rings. The highest BCUT2D eigenvalue weighted by Gasteiger charge is 2.25. The third kappa shape index (κ3) is 3.39. The van der Waals surface area contributed by atoms with E-state index in [1.165, 1.54) is 12.3 Å². The number of Topliss-reactive ketones (excluding diaryl/α,β-unsaturated/α-hetero) is 1. The van der Waals surface area contributed by atoms with Crippen LogP contribution in [-0.4, -0.2) is 16.1 Å². The van der Waals surface area contributed by atoms with E-state index in [0.717, 1.165) is 0 Å². The number of rotatable bonds is 4. The van der Waals surface area contributed by atoms with Gasteiger partial charge in [0, 0.05) is 6.20 Å². The average molecular weight is 361 g/mol. The molecule has 8 heteroatoms. The first-order valence-corrected chi connectivity index (χ1v) is 6.98. The molecule has 0 radical (unpaired) electrons. The lowest BCUT2D eigenvalue weighted by molar-refractivity contribution is -1.62. The van der Waals surface area contributed by atoms with Gasteiger partial charge in [-0.1, -0.05) is 27.5 Å². The van der Waals surface area contributed by atoms with Crippen LogP contribution in [0, 0.1) is 14.8 Å². The molecule has 1 heterocycles. The van der Waals surface area contributed by atoms with Gasteiger partial charge in [0.05, 0.1) is 10.4 Å². The molecule has 0 N–H and O–H groups in total. The highest BCUT2D eigenvalue weighted by Crippen LogP contribution is 2.28. The number of pyridine rings is 1. The molecule has 5 nitrogen and oxygen atoms in total. The third-order valence-corrected chi connectivity index (χ3v) is 2.78. The molecule has 0 spiro atoms. The zero-order chi connectivity index (χ0) is 11.4. The topological polar surface area (TPSA) is 85.3 Å². The molecule has 0 saturated carbocycles. The molecule has 0 aliphatic carbocycles. The molecule has 0 atom stereocenters. The smallest absolute Gasteiger partial charge is 0.361 e. The molecule has 1 aromatic rings. The molecular formula is C7H4Br2ClNO4. The highest BCUT2D eigenvalue weighted by molar-refractivity contribution is 9.09. The van der Waals surface area contributed by atoms with Crippen LogP contribution < -0.4 is 12.2 Å². The van der Waals surface area contributed by atoms with Crippen molar-refractivity contribution < 1.29 is 31.8 Å². The first kappa shape index (κ1) is 12.9. The van der Waals surface area contributed by atoms with Gasteiger partial charge in [-0.15, -0.1) is 3.83 Å². The molecule has 0 amide bonds. The quantitative estimate of drug-likeness (QED) is 0.547. The Morgan fingerprint density at radius 3 is 2.87 bits per heavy atom. The van der Waals surface area contributed by atoms with Gasteiger partial charge in [0.15, 0.2) is 11.5 Å². The van der Waals surface area contributed by atoms with Gasteiger partial charge >= 0.3 is 14.8 Å². The van der Waals surface area contributed by atoms with Gasteiger partial charge in [-0.3, -0.25) is 4.79 Å². The molecule has 0 saturated heterocycles. The number of hydrogen-bond donors (Lipinski definition) is 0. The zero-order valence-corrected chi connectivity index (χ0v) is 11.0. The van der Waals surface area contributed by atoms with Crippen molar-refractivity contribution in [2.45, 2.75) is 0 Å². The lowest BCUT2D eigenvalue weighted by atomic mass is 10.2. The summed E-state index contributed by atoms with van der Waals surface area (Å²) in [6, 6.07) is 1.34. The van der Waals surface area contributed by atoms with Crippen LogP contribution in [-0.2, 0) is 0 Å². The summed E-state index contributed by atoms with van der Waals surface area (Å²) in [5.41, 5.74) is -0.103. The number of nitrogens with zero attached hydrogens (tertiary/aromatic N) is 1. The predicted octanol–water partition coefficient (Wildman–Crippen LogP) is -0.222. The molecule has 82 valence electrons. The first-order valence-electron chi connectivity index (χ1n) is 3.53. The van der Waals surface area contributed by atoms with Crippen LogP contribution in [0.15, 0.2) is 12.3 Å². The zero-order valence-electron chi connectivity index (χ0n) is 7.08. The van der Waals surface area contributed by atoms with Crippen molar-refractivity contribution in [1.29, 1.82) is 0 Å². The lowest BCUT2D eigenvalue weighted by Crippen LogP contribution is -2.37. The molecule has 15 heavy (non-hydrogen) atoms. The Kier molecular flexibility index (Phi) is 4.94. The Morgan fingerprint density at radius 1 is 1.67 bits per heavy atom. The van der Waals surface area contributed by atoms with Crippen LogP contribution in [0.2, 0.25) is 5.02 Å². The summed E-state index contributed by atoms with van der Waals surface area (Å²) in [6.07, 6.45) is 1.30. The van der Waals surface area contributed by atoms with E-state index < -0.39 is 20.6 Å². The Hall–Kier alpha value is -0.210. The van der Waals surface area contributed by atoms with Gasteiger partial charge in [-0.2, -0.15) is 0 Å².